The Balaban J connectivity index is 1.77. The zero-order valence-electron chi connectivity index (χ0n) is 15.3. The van der Waals surface area contributed by atoms with Crippen LogP contribution in [-0.4, -0.2) is 16.8 Å². The van der Waals surface area contributed by atoms with Crippen molar-refractivity contribution in [3.63, 3.8) is 0 Å². The average molecular weight is 435 g/mol. The monoisotopic (exact) mass is 435 g/mol. The lowest BCUT2D eigenvalue weighted by Gasteiger charge is -2.18. The van der Waals surface area contributed by atoms with E-state index in [-0.39, 0.29) is 16.5 Å². The molecule has 3 rings (SSSR count). The topological polar surface area (TPSA) is 62.3 Å². The number of hydrogen-bond acceptors (Lipinski definition) is 4. The van der Waals surface area contributed by atoms with Gasteiger partial charge in [0.15, 0.2) is 22.6 Å². The Morgan fingerprint density at radius 1 is 1.03 bits per heavy atom. The Bertz CT molecular complexity index is 1150. The number of halogens is 4. The van der Waals surface area contributed by atoms with Gasteiger partial charge in [0.25, 0.3) is 0 Å². The van der Waals surface area contributed by atoms with Crippen LogP contribution in [0, 0.1) is 23.3 Å². The zero-order chi connectivity index (χ0) is 21.8. The van der Waals surface area contributed by atoms with Crippen molar-refractivity contribution in [3.8, 4) is 0 Å². The van der Waals surface area contributed by atoms with Crippen LogP contribution in [0.4, 0.5) is 34.1 Å². The van der Waals surface area contributed by atoms with Crippen molar-refractivity contribution in [1.29, 1.82) is 0 Å². The van der Waals surface area contributed by atoms with E-state index in [0.717, 1.165) is 28.4 Å². The van der Waals surface area contributed by atoms with Crippen molar-refractivity contribution in [3.05, 3.63) is 76.8 Å². The number of aromatic nitrogens is 1. The molecular weight excluding hydrogens is 422 g/mol. The second-order valence-corrected chi connectivity index (χ2v) is 6.74. The van der Waals surface area contributed by atoms with Crippen LogP contribution in [0.2, 0.25) is 0 Å². The van der Waals surface area contributed by atoms with Crippen LogP contribution in [-0.2, 0) is 9.59 Å². The Labute approximate surface area is 172 Å². The quantitative estimate of drug-likeness (QED) is 0.347. The largest absolute Gasteiger partial charge is 0.320 e. The van der Waals surface area contributed by atoms with Crippen molar-refractivity contribution < 1.29 is 27.2 Å². The lowest BCUT2D eigenvalue weighted by molar-refractivity contribution is -0.116. The molecule has 0 bridgehead atoms. The minimum absolute atomic E-state index is 0.0291. The number of amides is 2. The van der Waals surface area contributed by atoms with Crippen LogP contribution >= 0.6 is 11.3 Å². The minimum Gasteiger partial charge on any atom is -0.320 e. The molecule has 2 amide bonds. The van der Waals surface area contributed by atoms with E-state index in [1.807, 2.05) is 0 Å². The number of para-hydroxylation sites is 1. The summed E-state index contributed by atoms with van der Waals surface area (Å²) in [7, 11) is 0. The molecule has 1 aromatic heterocycles. The standard InChI is InChI=1S/C20H13F4N3O2S/c1-11(28)27(16-5-3-2-4-13(16)21)20-25-12(10-30-20)6-9-17(29)26-15-8-7-14(22)18(23)19(15)24/h2-10H,1H3,(H,26,29). The SMILES string of the molecule is CC(=O)N(c1nc(C=CC(=O)Nc2ccc(F)c(F)c2F)cs1)c1ccccc1F. The Morgan fingerprint density at radius 3 is 2.47 bits per heavy atom. The van der Waals surface area contributed by atoms with Crippen molar-refractivity contribution in [2.24, 2.45) is 0 Å². The van der Waals surface area contributed by atoms with E-state index in [1.165, 1.54) is 36.6 Å². The fourth-order valence-corrected chi connectivity index (χ4v) is 3.30. The summed E-state index contributed by atoms with van der Waals surface area (Å²) in [5.74, 6) is -6.47. The summed E-state index contributed by atoms with van der Waals surface area (Å²) in [5, 5.41) is 3.79. The van der Waals surface area contributed by atoms with Crippen molar-refractivity contribution >= 4 is 45.7 Å². The molecule has 30 heavy (non-hydrogen) atoms. The van der Waals surface area contributed by atoms with Gasteiger partial charge in [0.05, 0.1) is 17.1 Å². The number of thiazole rings is 1. The molecular formula is C20H13F4N3O2S. The number of anilines is 3. The van der Waals surface area contributed by atoms with Crippen molar-refractivity contribution in [2.45, 2.75) is 6.92 Å². The predicted molar refractivity (Wildman–Crippen MR) is 105 cm³/mol. The van der Waals surface area contributed by atoms with Crippen LogP contribution in [0.25, 0.3) is 6.08 Å². The molecule has 0 aliphatic rings. The first-order chi connectivity index (χ1) is 14.3. The van der Waals surface area contributed by atoms with Gasteiger partial charge >= 0.3 is 0 Å². The van der Waals surface area contributed by atoms with Crippen LogP contribution in [0.3, 0.4) is 0 Å². The van der Waals surface area contributed by atoms with Gasteiger partial charge in [-0.05, 0) is 30.3 Å². The molecule has 0 aliphatic heterocycles. The third-order valence-corrected chi connectivity index (χ3v) is 4.65. The van der Waals surface area contributed by atoms with Crippen molar-refractivity contribution in [2.75, 3.05) is 10.2 Å². The molecule has 5 nitrogen and oxygen atoms in total. The van der Waals surface area contributed by atoms with Crippen LogP contribution in [0.1, 0.15) is 12.6 Å². The molecule has 0 saturated heterocycles. The lowest BCUT2D eigenvalue weighted by atomic mass is 10.2. The number of rotatable bonds is 5. The number of carbonyl (C=O) groups excluding carboxylic acids is 2. The van der Waals surface area contributed by atoms with E-state index in [4.69, 9.17) is 0 Å². The van der Waals surface area contributed by atoms with Gasteiger partial charge in [-0.3, -0.25) is 14.5 Å². The highest BCUT2D eigenvalue weighted by Gasteiger charge is 2.20. The van der Waals surface area contributed by atoms with E-state index in [1.54, 1.807) is 6.07 Å². The maximum Gasteiger partial charge on any atom is 0.248 e. The van der Waals surface area contributed by atoms with E-state index < -0.39 is 40.8 Å². The van der Waals surface area contributed by atoms with Crippen LogP contribution < -0.4 is 10.2 Å². The molecule has 0 atom stereocenters. The average Bonchev–Trinajstić information content (AvgIpc) is 3.17. The van der Waals surface area contributed by atoms with Gasteiger partial charge in [-0.1, -0.05) is 12.1 Å². The van der Waals surface area contributed by atoms with E-state index in [0.29, 0.717) is 6.07 Å². The molecule has 0 aliphatic carbocycles. The number of nitrogens with one attached hydrogen (secondary N) is 1. The van der Waals surface area contributed by atoms with E-state index >= 15 is 0 Å². The second kappa shape index (κ2) is 8.87. The Kier molecular flexibility index (Phi) is 6.26. The number of benzene rings is 2. The summed E-state index contributed by atoms with van der Waals surface area (Å²) >= 11 is 1.04. The van der Waals surface area contributed by atoms with Crippen LogP contribution in [0.5, 0.6) is 0 Å². The summed E-state index contributed by atoms with van der Waals surface area (Å²) in [6.45, 7) is 1.26. The Hall–Kier alpha value is -3.53. The molecule has 10 heteroatoms. The van der Waals surface area contributed by atoms with Gasteiger partial charge in [0, 0.05) is 18.4 Å². The molecule has 1 heterocycles. The fraction of sp³-hybridized carbons (Fsp3) is 0.0500. The summed E-state index contributed by atoms with van der Waals surface area (Å²) in [6.07, 6.45) is 2.27. The van der Waals surface area contributed by atoms with Gasteiger partial charge in [-0.15, -0.1) is 11.3 Å². The molecule has 1 N–H and O–H groups in total. The van der Waals surface area contributed by atoms with Gasteiger partial charge in [0.1, 0.15) is 5.82 Å². The maximum absolute atomic E-state index is 14.1. The molecule has 0 radical (unpaired) electrons. The lowest BCUT2D eigenvalue weighted by Crippen LogP contribution is -2.23. The zero-order valence-corrected chi connectivity index (χ0v) is 16.1. The third-order valence-electron chi connectivity index (χ3n) is 3.81. The Morgan fingerprint density at radius 2 is 1.77 bits per heavy atom. The van der Waals surface area contributed by atoms with Gasteiger partial charge in [-0.2, -0.15) is 0 Å². The summed E-state index contributed by atoms with van der Waals surface area (Å²) in [6, 6.07) is 7.27. The van der Waals surface area contributed by atoms with Gasteiger partial charge in [0.2, 0.25) is 11.8 Å². The first-order valence-corrected chi connectivity index (χ1v) is 9.29. The molecule has 2 aromatic carbocycles. The van der Waals surface area contributed by atoms with Crippen LogP contribution in [0.15, 0.2) is 47.9 Å². The van der Waals surface area contributed by atoms with E-state index in [2.05, 4.69) is 10.3 Å². The molecule has 154 valence electrons. The molecule has 0 saturated carbocycles. The number of hydrogen-bond donors (Lipinski definition) is 1. The highest BCUT2D eigenvalue weighted by molar-refractivity contribution is 7.14. The predicted octanol–water partition coefficient (Wildman–Crippen LogP) is 5.04. The summed E-state index contributed by atoms with van der Waals surface area (Å²) in [5.41, 5.74) is -0.218. The number of carbonyl (C=O) groups is 2. The first kappa shape index (κ1) is 21.2. The smallest absolute Gasteiger partial charge is 0.248 e. The highest BCUT2D eigenvalue weighted by Crippen LogP contribution is 2.31. The minimum atomic E-state index is -1.70. The summed E-state index contributed by atoms with van der Waals surface area (Å²) in [4.78, 5) is 29.2. The normalized spacial score (nSPS) is 11.0. The second-order valence-electron chi connectivity index (χ2n) is 5.91. The molecule has 0 unspecified atom stereocenters. The maximum atomic E-state index is 14.1. The molecule has 3 aromatic rings. The third kappa shape index (κ3) is 4.54. The molecule has 0 fully saturated rings. The van der Waals surface area contributed by atoms with Gasteiger partial charge in [-0.25, -0.2) is 22.5 Å². The van der Waals surface area contributed by atoms with E-state index in [9.17, 15) is 27.2 Å². The number of nitrogens with zero attached hydrogens (tertiary/aromatic N) is 2. The fourth-order valence-electron chi connectivity index (χ4n) is 2.45. The van der Waals surface area contributed by atoms with Gasteiger partial charge < -0.3 is 5.32 Å². The summed E-state index contributed by atoms with van der Waals surface area (Å²) < 4.78 is 53.8. The van der Waals surface area contributed by atoms with Crippen molar-refractivity contribution in [1.82, 2.24) is 4.98 Å². The highest BCUT2D eigenvalue weighted by atomic mass is 32.1. The molecule has 0 spiro atoms. The first-order valence-electron chi connectivity index (χ1n) is 8.41.